The maximum Gasteiger partial charge on any atom is 0.151 e. The van der Waals surface area contributed by atoms with Gasteiger partial charge in [-0.1, -0.05) is 12.1 Å². The van der Waals surface area contributed by atoms with Crippen molar-refractivity contribution < 1.29 is 9.18 Å². The van der Waals surface area contributed by atoms with Crippen LogP contribution in [-0.2, 0) is 4.79 Å². The molecular weight excluding hydrogens is 181 g/mol. The molecule has 0 radical (unpaired) electrons. The van der Waals surface area contributed by atoms with Gasteiger partial charge in [0.25, 0.3) is 0 Å². The van der Waals surface area contributed by atoms with E-state index >= 15 is 0 Å². The second-order valence-corrected chi connectivity index (χ2v) is 3.18. The highest BCUT2D eigenvalue weighted by Gasteiger charge is 2.16. The van der Waals surface area contributed by atoms with Gasteiger partial charge in [-0.15, -0.1) is 0 Å². The van der Waals surface area contributed by atoms with E-state index in [0.717, 1.165) is 0 Å². The first-order valence-electron chi connectivity index (χ1n) is 4.22. The van der Waals surface area contributed by atoms with Crippen molar-refractivity contribution in [3.05, 3.63) is 35.1 Å². The van der Waals surface area contributed by atoms with Crippen LogP contribution in [-0.4, -0.2) is 5.78 Å². The summed E-state index contributed by atoms with van der Waals surface area (Å²) >= 11 is 0. The number of carbonyl (C=O) groups excluding carboxylic acids is 1. The molecule has 0 aromatic heterocycles. The van der Waals surface area contributed by atoms with Crippen molar-refractivity contribution in [1.82, 2.24) is 0 Å². The third-order valence-corrected chi connectivity index (χ3v) is 2.05. The summed E-state index contributed by atoms with van der Waals surface area (Å²) in [5, 5.41) is 8.75. The minimum absolute atomic E-state index is 0.224. The van der Waals surface area contributed by atoms with Gasteiger partial charge in [-0.25, -0.2) is 4.39 Å². The molecular formula is C11H10FNO. The molecule has 0 heterocycles. The molecule has 3 heteroatoms. The molecule has 1 unspecified atom stereocenters. The molecule has 1 aromatic carbocycles. The van der Waals surface area contributed by atoms with E-state index in [1.807, 2.05) is 6.07 Å². The number of Topliss-reactive ketones (excluding diaryl/α,β-unsaturated/α-hetero) is 1. The predicted molar refractivity (Wildman–Crippen MR) is 50.2 cm³/mol. The van der Waals surface area contributed by atoms with Gasteiger partial charge >= 0.3 is 0 Å². The zero-order chi connectivity index (χ0) is 10.7. The molecule has 2 nitrogen and oxygen atoms in total. The Bertz CT molecular complexity index is 406. The summed E-state index contributed by atoms with van der Waals surface area (Å²) < 4.78 is 12.9. The van der Waals surface area contributed by atoms with Gasteiger partial charge in [0, 0.05) is 0 Å². The van der Waals surface area contributed by atoms with Crippen molar-refractivity contribution in [2.45, 2.75) is 19.8 Å². The molecule has 0 amide bonds. The zero-order valence-corrected chi connectivity index (χ0v) is 8.04. The van der Waals surface area contributed by atoms with Crippen LogP contribution in [0.3, 0.4) is 0 Å². The fourth-order valence-corrected chi connectivity index (χ4v) is 1.25. The Morgan fingerprint density at radius 3 is 2.64 bits per heavy atom. The van der Waals surface area contributed by atoms with Crippen molar-refractivity contribution in [2.24, 2.45) is 0 Å². The molecule has 0 saturated heterocycles. The third-order valence-electron chi connectivity index (χ3n) is 2.05. The number of hydrogen-bond donors (Lipinski definition) is 0. The number of nitrogens with zero attached hydrogens (tertiary/aromatic N) is 1. The van der Waals surface area contributed by atoms with Gasteiger partial charge in [0.05, 0.1) is 6.07 Å². The van der Waals surface area contributed by atoms with Crippen LogP contribution in [0, 0.1) is 24.1 Å². The summed E-state index contributed by atoms with van der Waals surface area (Å²) in [6.45, 7) is 2.96. The van der Waals surface area contributed by atoms with E-state index in [-0.39, 0.29) is 11.6 Å². The van der Waals surface area contributed by atoms with Crippen molar-refractivity contribution in [3.63, 3.8) is 0 Å². The smallest absolute Gasteiger partial charge is 0.151 e. The van der Waals surface area contributed by atoms with Crippen LogP contribution in [0.15, 0.2) is 18.2 Å². The summed E-state index contributed by atoms with van der Waals surface area (Å²) in [5.41, 5.74) is 1.00. The van der Waals surface area contributed by atoms with Crippen LogP contribution in [0.5, 0.6) is 0 Å². The molecule has 0 fully saturated rings. The standard InChI is InChI=1S/C11H10FNO/c1-7-5-9(3-4-11(7)12)10(6-13)8(2)14/h3-5,10H,1-2H3. The van der Waals surface area contributed by atoms with E-state index < -0.39 is 5.92 Å². The van der Waals surface area contributed by atoms with Crippen LogP contribution in [0.4, 0.5) is 4.39 Å². The topological polar surface area (TPSA) is 40.9 Å². The van der Waals surface area contributed by atoms with Crippen LogP contribution < -0.4 is 0 Å². The number of halogens is 1. The quantitative estimate of drug-likeness (QED) is 0.719. The van der Waals surface area contributed by atoms with Gasteiger partial charge in [0.2, 0.25) is 0 Å². The second-order valence-electron chi connectivity index (χ2n) is 3.18. The minimum atomic E-state index is -0.783. The molecule has 0 N–H and O–H groups in total. The molecule has 72 valence electrons. The van der Waals surface area contributed by atoms with Crippen LogP contribution in [0.2, 0.25) is 0 Å². The highest BCUT2D eigenvalue weighted by molar-refractivity contribution is 5.86. The van der Waals surface area contributed by atoms with Gasteiger partial charge in [0.1, 0.15) is 11.7 Å². The number of aryl methyl sites for hydroxylation is 1. The molecule has 0 bridgehead atoms. The lowest BCUT2D eigenvalue weighted by molar-refractivity contribution is -0.117. The predicted octanol–water partition coefficient (Wildman–Crippen LogP) is 2.33. The molecule has 0 aliphatic rings. The average molecular weight is 191 g/mol. The molecule has 1 aromatic rings. The zero-order valence-electron chi connectivity index (χ0n) is 8.04. The number of ketones is 1. The first-order chi connectivity index (χ1) is 6.56. The van der Waals surface area contributed by atoms with Gasteiger partial charge in [-0.2, -0.15) is 5.26 Å². The van der Waals surface area contributed by atoms with Gasteiger partial charge in [0.15, 0.2) is 5.78 Å². The lowest BCUT2D eigenvalue weighted by Crippen LogP contribution is -2.06. The largest absolute Gasteiger partial charge is 0.298 e. The molecule has 1 rings (SSSR count). The molecule has 0 spiro atoms. The molecule has 0 saturated carbocycles. The van der Waals surface area contributed by atoms with E-state index in [2.05, 4.69) is 0 Å². The number of hydrogen-bond acceptors (Lipinski definition) is 2. The number of benzene rings is 1. The Balaban J connectivity index is 3.14. The Labute approximate surface area is 82.0 Å². The number of carbonyl (C=O) groups is 1. The van der Waals surface area contributed by atoms with E-state index in [1.54, 1.807) is 6.92 Å². The first kappa shape index (κ1) is 10.4. The Morgan fingerprint density at radius 1 is 1.57 bits per heavy atom. The molecule has 0 aliphatic heterocycles. The van der Waals surface area contributed by atoms with E-state index in [4.69, 9.17) is 5.26 Å². The lowest BCUT2D eigenvalue weighted by atomic mass is 9.95. The van der Waals surface area contributed by atoms with Crippen molar-refractivity contribution in [1.29, 1.82) is 5.26 Å². The monoisotopic (exact) mass is 191 g/mol. The van der Waals surface area contributed by atoms with Gasteiger partial charge in [-0.05, 0) is 31.0 Å². The van der Waals surface area contributed by atoms with E-state index in [0.29, 0.717) is 11.1 Å². The summed E-state index contributed by atoms with van der Waals surface area (Å²) in [7, 11) is 0. The van der Waals surface area contributed by atoms with E-state index in [9.17, 15) is 9.18 Å². The molecule has 1 atom stereocenters. The Kier molecular flexibility index (Phi) is 2.98. The van der Waals surface area contributed by atoms with Crippen LogP contribution >= 0.6 is 0 Å². The highest BCUT2D eigenvalue weighted by Crippen LogP contribution is 2.18. The fourth-order valence-electron chi connectivity index (χ4n) is 1.25. The normalized spacial score (nSPS) is 11.9. The summed E-state index contributed by atoms with van der Waals surface area (Å²) in [4.78, 5) is 11.1. The molecule has 0 aliphatic carbocycles. The summed E-state index contributed by atoms with van der Waals surface area (Å²) in [5.74, 6) is -1.33. The highest BCUT2D eigenvalue weighted by atomic mass is 19.1. The SMILES string of the molecule is CC(=O)C(C#N)c1ccc(F)c(C)c1. The maximum atomic E-state index is 12.9. The average Bonchev–Trinajstić information content (AvgIpc) is 2.11. The molecule has 14 heavy (non-hydrogen) atoms. The van der Waals surface area contributed by atoms with Crippen LogP contribution in [0.25, 0.3) is 0 Å². The van der Waals surface area contributed by atoms with E-state index in [1.165, 1.54) is 25.1 Å². The third kappa shape index (κ3) is 1.97. The van der Waals surface area contributed by atoms with Crippen molar-refractivity contribution in [3.8, 4) is 6.07 Å². The van der Waals surface area contributed by atoms with Gasteiger partial charge in [-0.3, -0.25) is 4.79 Å². The summed E-state index contributed by atoms with van der Waals surface area (Å²) in [6.07, 6.45) is 0. The van der Waals surface area contributed by atoms with Crippen molar-refractivity contribution in [2.75, 3.05) is 0 Å². The second kappa shape index (κ2) is 4.01. The van der Waals surface area contributed by atoms with Crippen LogP contribution in [0.1, 0.15) is 24.0 Å². The maximum absolute atomic E-state index is 12.9. The summed E-state index contributed by atoms with van der Waals surface area (Å²) in [6, 6.07) is 6.17. The lowest BCUT2D eigenvalue weighted by Gasteiger charge is -2.06. The Morgan fingerprint density at radius 2 is 2.21 bits per heavy atom. The van der Waals surface area contributed by atoms with Gasteiger partial charge < -0.3 is 0 Å². The van der Waals surface area contributed by atoms with Crippen molar-refractivity contribution >= 4 is 5.78 Å². The fraction of sp³-hybridized carbons (Fsp3) is 0.273. The number of rotatable bonds is 2. The first-order valence-corrected chi connectivity index (χ1v) is 4.22. The Hall–Kier alpha value is -1.69. The minimum Gasteiger partial charge on any atom is -0.298 e. The number of nitriles is 1.